The van der Waals surface area contributed by atoms with Crippen molar-refractivity contribution in [3.63, 3.8) is 0 Å². The summed E-state index contributed by atoms with van der Waals surface area (Å²) in [7, 11) is 0. The molecule has 1 heterocycles. The second-order valence-electron chi connectivity index (χ2n) is 5.40. The van der Waals surface area contributed by atoms with Crippen molar-refractivity contribution in [2.24, 2.45) is 5.73 Å². The molecule has 0 saturated heterocycles. The number of halogens is 3. The Labute approximate surface area is 168 Å². The summed E-state index contributed by atoms with van der Waals surface area (Å²) in [6.45, 7) is 2.44. The standard InChI is InChI=1S/C17H19Cl2N3O3.ClH/c1-2-5-22(17(24)11-6-13(8-20)25-10-11)9-16(23)21-15-7-12(18)3-4-14(15)19;/h3-4,6-7,10H,2,5,8-9,20H2,1H3,(H,21,23);1H. The minimum Gasteiger partial charge on any atom is -0.467 e. The van der Waals surface area contributed by atoms with E-state index in [0.29, 0.717) is 40.0 Å². The highest BCUT2D eigenvalue weighted by Gasteiger charge is 2.20. The predicted molar refractivity (Wildman–Crippen MR) is 105 cm³/mol. The average Bonchev–Trinajstić information content (AvgIpc) is 3.06. The van der Waals surface area contributed by atoms with Crippen LogP contribution in [0.1, 0.15) is 29.5 Å². The van der Waals surface area contributed by atoms with Gasteiger partial charge >= 0.3 is 0 Å². The lowest BCUT2D eigenvalue weighted by Gasteiger charge is -2.21. The highest BCUT2D eigenvalue weighted by Crippen LogP contribution is 2.25. The zero-order valence-electron chi connectivity index (χ0n) is 14.1. The van der Waals surface area contributed by atoms with Crippen molar-refractivity contribution in [1.29, 1.82) is 0 Å². The van der Waals surface area contributed by atoms with E-state index in [9.17, 15) is 9.59 Å². The van der Waals surface area contributed by atoms with Gasteiger partial charge in [0.2, 0.25) is 5.91 Å². The molecule has 0 atom stereocenters. The first-order chi connectivity index (χ1) is 11.9. The Bertz CT molecular complexity index is 765. The van der Waals surface area contributed by atoms with Gasteiger partial charge in [0.1, 0.15) is 18.6 Å². The second-order valence-corrected chi connectivity index (χ2v) is 6.25. The summed E-state index contributed by atoms with van der Waals surface area (Å²) < 4.78 is 5.19. The number of furan rings is 1. The number of hydrogen-bond acceptors (Lipinski definition) is 4. The Kier molecular flexibility index (Phi) is 8.95. The van der Waals surface area contributed by atoms with Crippen molar-refractivity contribution < 1.29 is 14.0 Å². The topological polar surface area (TPSA) is 88.6 Å². The molecule has 1 aromatic carbocycles. The molecule has 0 bridgehead atoms. The molecular weight excluding hydrogens is 401 g/mol. The first-order valence-corrected chi connectivity index (χ1v) is 8.51. The Morgan fingerprint density at radius 1 is 1.27 bits per heavy atom. The van der Waals surface area contributed by atoms with E-state index in [1.807, 2.05) is 6.92 Å². The van der Waals surface area contributed by atoms with Crippen LogP contribution >= 0.6 is 35.6 Å². The van der Waals surface area contributed by atoms with Gasteiger partial charge in [-0.15, -0.1) is 12.4 Å². The van der Waals surface area contributed by atoms with Crippen LogP contribution in [0.5, 0.6) is 0 Å². The zero-order chi connectivity index (χ0) is 18.4. The van der Waals surface area contributed by atoms with Crippen LogP contribution in [0.2, 0.25) is 10.0 Å². The highest BCUT2D eigenvalue weighted by molar-refractivity contribution is 6.35. The van der Waals surface area contributed by atoms with Crippen molar-refractivity contribution >= 4 is 53.1 Å². The molecule has 142 valence electrons. The molecule has 26 heavy (non-hydrogen) atoms. The van der Waals surface area contributed by atoms with E-state index >= 15 is 0 Å². The van der Waals surface area contributed by atoms with Crippen LogP contribution in [0.15, 0.2) is 34.9 Å². The summed E-state index contributed by atoms with van der Waals surface area (Å²) in [6.07, 6.45) is 2.05. The highest BCUT2D eigenvalue weighted by atomic mass is 35.5. The first-order valence-electron chi connectivity index (χ1n) is 7.76. The maximum atomic E-state index is 12.6. The minimum atomic E-state index is -0.367. The van der Waals surface area contributed by atoms with Crippen LogP contribution in [0.3, 0.4) is 0 Å². The molecule has 0 unspecified atom stereocenters. The van der Waals surface area contributed by atoms with Gasteiger partial charge in [-0.25, -0.2) is 0 Å². The number of benzene rings is 1. The van der Waals surface area contributed by atoms with Gasteiger partial charge in [0.15, 0.2) is 0 Å². The van der Waals surface area contributed by atoms with Crippen molar-refractivity contribution in [2.45, 2.75) is 19.9 Å². The van der Waals surface area contributed by atoms with Crippen LogP contribution in [-0.2, 0) is 11.3 Å². The fourth-order valence-corrected chi connectivity index (χ4v) is 2.60. The number of carbonyl (C=O) groups excluding carboxylic acids is 2. The number of amides is 2. The maximum absolute atomic E-state index is 12.6. The molecule has 0 radical (unpaired) electrons. The van der Waals surface area contributed by atoms with E-state index in [1.54, 1.807) is 24.3 Å². The predicted octanol–water partition coefficient (Wildman–Crippen LogP) is 3.96. The first kappa shape index (κ1) is 22.3. The van der Waals surface area contributed by atoms with E-state index in [4.69, 9.17) is 33.4 Å². The molecule has 9 heteroatoms. The Morgan fingerprint density at radius 3 is 2.62 bits per heavy atom. The molecule has 3 N–H and O–H groups in total. The summed E-state index contributed by atoms with van der Waals surface area (Å²) >= 11 is 11.9. The van der Waals surface area contributed by atoms with Gasteiger partial charge in [0, 0.05) is 11.6 Å². The number of anilines is 1. The van der Waals surface area contributed by atoms with E-state index in [-0.39, 0.29) is 37.3 Å². The third-order valence-electron chi connectivity index (χ3n) is 3.42. The van der Waals surface area contributed by atoms with Gasteiger partial charge in [-0.2, -0.15) is 0 Å². The van der Waals surface area contributed by atoms with Crippen molar-refractivity contribution in [1.82, 2.24) is 4.90 Å². The van der Waals surface area contributed by atoms with E-state index < -0.39 is 0 Å². The molecule has 2 amide bonds. The molecule has 2 rings (SSSR count). The Hall–Kier alpha value is -1.73. The summed E-state index contributed by atoms with van der Waals surface area (Å²) in [5, 5.41) is 3.49. The van der Waals surface area contributed by atoms with E-state index in [2.05, 4.69) is 5.32 Å². The SMILES string of the molecule is CCCN(CC(=O)Nc1cc(Cl)ccc1Cl)C(=O)c1coc(CN)c1.Cl. The van der Waals surface area contributed by atoms with Gasteiger partial charge < -0.3 is 20.4 Å². The summed E-state index contributed by atoms with van der Waals surface area (Å²) in [5.41, 5.74) is 6.25. The number of nitrogens with two attached hydrogens (primary N) is 1. The van der Waals surface area contributed by atoms with Crippen molar-refractivity contribution in [3.8, 4) is 0 Å². The lowest BCUT2D eigenvalue weighted by Crippen LogP contribution is -2.38. The number of hydrogen-bond donors (Lipinski definition) is 2. The van der Waals surface area contributed by atoms with Gasteiger partial charge in [0.25, 0.3) is 5.91 Å². The molecular formula is C17H20Cl3N3O3. The number of nitrogens with zero attached hydrogens (tertiary/aromatic N) is 1. The van der Waals surface area contributed by atoms with Crippen LogP contribution < -0.4 is 11.1 Å². The Morgan fingerprint density at radius 2 is 2.00 bits per heavy atom. The fraction of sp³-hybridized carbons (Fsp3) is 0.294. The quantitative estimate of drug-likeness (QED) is 0.709. The molecule has 1 aromatic heterocycles. The van der Waals surface area contributed by atoms with Gasteiger partial charge in [-0.3, -0.25) is 9.59 Å². The third-order valence-corrected chi connectivity index (χ3v) is 3.98. The van der Waals surface area contributed by atoms with Crippen LogP contribution in [0.25, 0.3) is 0 Å². The third kappa shape index (κ3) is 5.92. The molecule has 0 fully saturated rings. The van der Waals surface area contributed by atoms with Gasteiger partial charge in [0.05, 0.1) is 22.8 Å². The second kappa shape index (κ2) is 10.4. The molecule has 0 spiro atoms. The summed E-state index contributed by atoms with van der Waals surface area (Å²) in [5.74, 6) is -0.152. The molecule has 0 aliphatic carbocycles. The largest absolute Gasteiger partial charge is 0.467 e. The molecule has 0 aliphatic rings. The maximum Gasteiger partial charge on any atom is 0.257 e. The smallest absolute Gasteiger partial charge is 0.257 e. The molecule has 0 saturated carbocycles. The number of rotatable bonds is 7. The van der Waals surface area contributed by atoms with Gasteiger partial charge in [-0.1, -0.05) is 30.1 Å². The normalized spacial score (nSPS) is 10.2. The van der Waals surface area contributed by atoms with Gasteiger partial charge in [-0.05, 0) is 30.7 Å². The number of nitrogens with one attached hydrogen (secondary N) is 1. The molecule has 0 aliphatic heterocycles. The van der Waals surface area contributed by atoms with Crippen LogP contribution in [0.4, 0.5) is 5.69 Å². The number of carbonyl (C=O) groups is 2. The van der Waals surface area contributed by atoms with Crippen molar-refractivity contribution in [2.75, 3.05) is 18.4 Å². The van der Waals surface area contributed by atoms with E-state index in [1.165, 1.54) is 11.2 Å². The average molecular weight is 421 g/mol. The summed E-state index contributed by atoms with van der Waals surface area (Å²) in [4.78, 5) is 26.3. The van der Waals surface area contributed by atoms with Crippen LogP contribution in [-0.4, -0.2) is 29.8 Å². The Balaban J connectivity index is 0.00000338. The molecule has 2 aromatic rings. The minimum absolute atomic E-state index is 0. The van der Waals surface area contributed by atoms with E-state index in [0.717, 1.165) is 0 Å². The van der Waals surface area contributed by atoms with Crippen molar-refractivity contribution in [3.05, 3.63) is 51.9 Å². The molecule has 6 nitrogen and oxygen atoms in total. The summed E-state index contributed by atoms with van der Waals surface area (Å²) in [6, 6.07) is 6.35. The lowest BCUT2D eigenvalue weighted by molar-refractivity contribution is -0.116. The lowest BCUT2D eigenvalue weighted by atomic mass is 10.2. The van der Waals surface area contributed by atoms with Crippen LogP contribution in [0, 0.1) is 0 Å². The zero-order valence-corrected chi connectivity index (χ0v) is 16.5. The monoisotopic (exact) mass is 419 g/mol. The fourth-order valence-electron chi connectivity index (χ4n) is 2.26.